The summed E-state index contributed by atoms with van der Waals surface area (Å²) in [5.74, 6) is 0. The number of aromatic amines is 1. The fourth-order valence-corrected chi connectivity index (χ4v) is 3.94. The molecule has 108 valence electrons. The summed E-state index contributed by atoms with van der Waals surface area (Å²) < 4.78 is 26.8. The summed E-state index contributed by atoms with van der Waals surface area (Å²) in [7, 11) is -3.43. The summed E-state index contributed by atoms with van der Waals surface area (Å²) in [5.41, 5.74) is 0.714. The average Bonchev–Trinajstić information content (AvgIpc) is 2.69. The number of sulfonamides is 1. The second kappa shape index (κ2) is 6.49. The van der Waals surface area contributed by atoms with Gasteiger partial charge in [-0.2, -0.15) is 9.40 Å². The van der Waals surface area contributed by atoms with Crippen molar-refractivity contribution in [2.24, 2.45) is 0 Å². The molecule has 0 atom stereocenters. The molecule has 2 heterocycles. The molecule has 0 unspecified atom stereocenters. The third-order valence-electron chi connectivity index (χ3n) is 3.41. The highest BCUT2D eigenvalue weighted by Gasteiger charge is 2.28. The van der Waals surface area contributed by atoms with Crippen LogP contribution in [0.2, 0.25) is 0 Å². The third-order valence-corrected chi connectivity index (χ3v) is 5.32. The maximum Gasteiger partial charge on any atom is 0.260 e. The second-order valence-electron chi connectivity index (χ2n) is 4.82. The van der Waals surface area contributed by atoms with Gasteiger partial charge in [0.2, 0.25) is 0 Å². The van der Waals surface area contributed by atoms with Crippen LogP contribution in [-0.2, 0) is 16.6 Å². The molecule has 19 heavy (non-hydrogen) atoms. The normalized spacial score (nSPS) is 18.4. The van der Waals surface area contributed by atoms with Crippen molar-refractivity contribution in [2.45, 2.75) is 44.2 Å². The van der Waals surface area contributed by atoms with Crippen molar-refractivity contribution in [2.75, 3.05) is 19.6 Å². The number of H-pyrrole nitrogens is 1. The highest BCUT2D eigenvalue weighted by atomic mass is 32.2. The van der Waals surface area contributed by atoms with Crippen LogP contribution >= 0.6 is 0 Å². The number of hydrogen-bond donors (Lipinski definition) is 2. The molecule has 0 aliphatic carbocycles. The number of nitrogens with one attached hydrogen (secondary N) is 2. The number of rotatable bonds is 5. The monoisotopic (exact) mass is 286 g/mol. The molecular weight excluding hydrogens is 264 g/mol. The molecule has 1 aromatic heterocycles. The quantitative estimate of drug-likeness (QED) is 0.849. The van der Waals surface area contributed by atoms with Gasteiger partial charge in [0.1, 0.15) is 0 Å². The minimum atomic E-state index is -3.43. The molecule has 2 N–H and O–H groups in total. The molecule has 2 rings (SSSR count). The predicted octanol–water partition coefficient (Wildman–Crippen LogP) is 1.08. The van der Waals surface area contributed by atoms with Gasteiger partial charge in [-0.15, -0.1) is 0 Å². The summed E-state index contributed by atoms with van der Waals surface area (Å²) >= 11 is 0. The van der Waals surface area contributed by atoms with E-state index in [1.54, 1.807) is 10.5 Å². The first-order chi connectivity index (χ1) is 9.16. The Bertz CT molecular complexity index is 490. The molecule has 1 aliphatic heterocycles. The van der Waals surface area contributed by atoms with Gasteiger partial charge in [-0.1, -0.05) is 19.8 Å². The standard InChI is InChI=1S/C12H22N4O2S/c1-2-13-9-11-10-14-15-12(11)19(17,18)16-7-5-3-4-6-8-16/h10,13H,2-9H2,1H3,(H,14,15). The van der Waals surface area contributed by atoms with Crippen molar-refractivity contribution in [3.63, 3.8) is 0 Å². The van der Waals surface area contributed by atoms with Crippen LogP contribution in [0.5, 0.6) is 0 Å². The van der Waals surface area contributed by atoms with E-state index in [4.69, 9.17) is 0 Å². The zero-order valence-corrected chi connectivity index (χ0v) is 12.2. The molecule has 1 fully saturated rings. The van der Waals surface area contributed by atoms with E-state index in [-0.39, 0.29) is 5.03 Å². The van der Waals surface area contributed by atoms with Crippen LogP contribution in [0.4, 0.5) is 0 Å². The van der Waals surface area contributed by atoms with Crippen LogP contribution in [0.1, 0.15) is 38.2 Å². The molecule has 7 heteroatoms. The summed E-state index contributed by atoms with van der Waals surface area (Å²) in [6.07, 6.45) is 5.69. The molecule has 0 radical (unpaired) electrons. The van der Waals surface area contributed by atoms with Crippen LogP contribution in [-0.4, -0.2) is 42.6 Å². The van der Waals surface area contributed by atoms with Gasteiger partial charge in [-0.25, -0.2) is 8.42 Å². The lowest BCUT2D eigenvalue weighted by Crippen LogP contribution is -2.33. The zero-order valence-electron chi connectivity index (χ0n) is 11.4. The molecule has 1 aromatic rings. The lowest BCUT2D eigenvalue weighted by molar-refractivity contribution is 0.420. The molecule has 1 saturated heterocycles. The molecule has 6 nitrogen and oxygen atoms in total. The van der Waals surface area contributed by atoms with Gasteiger partial charge in [0, 0.05) is 25.2 Å². The first-order valence-electron chi connectivity index (χ1n) is 6.89. The maximum absolute atomic E-state index is 12.6. The van der Waals surface area contributed by atoms with Crippen molar-refractivity contribution >= 4 is 10.0 Å². The van der Waals surface area contributed by atoms with Crippen LogP contribution < -0.4 is 5.32 Å². The van der Waals surface area contributed by atoms with Gasteiger partial charge >= 0.3 is 0 Å². The minimum absolute atomic E-state index is 0.246. The van der Waals surface area contributed by atoms with Crippen LogP contribution in [0.25, 0.3) is 0 Å². The molecule has 0 bridgehead atoms. The van der Waals surface area contributed by atoms with Crippen molar-refractivity contribution in [3.8, 4) is 0 Å². The Hall–Kier alpha value is -0.920. The molecule has 0 aromatic carbocycles. The average molecular weight is 286 g/mol. The highest BCUT2D eigenvalue weighted by molar-refractivity contribution is 7.89. The van der Waals surface area contributed by atoms with E-state index in [2.05, 4.69) is 15.5 Å². The minimum Gasteiger partial charge on any atom is -0.313 e. The summed E-state index contributed by atoms with van der Waals surface area (Å²) in [4.78, 5) is 0. The van der Waals surface area contributed by atoms with Gasteiger partial charge < -0.3 is 5.32 Å². The van der Waals surface area contributed by atoms with Crippen molar-refractivity contribution in [1.82, 2.24) is 19.8 Å². The molecule has 0 spiro atoms. The van der Waals surface area contributed by atoms with E-state index in [9.17, 15) is 8.42 Å². The zero-order chi connectivity index (χ0) is 13.7. The first-order valence-corrected chi connectivity index (χ1v) is 8.33. The van der Waals surface area contributed by atoms with Gasteiger partial charge in [0.05, 0.1) is 6.20 Å². The van der Waals surface area contributed by atoms with Gasteiger partial charge in [-0.3, -0.25) is 5.10 Å². The fraction of sp³-hybridized carbons (Fsp3) is 0.750. The summed E-state index contributed by atoms with van der Waals surface area (Å²) in [6, 6.07) is 0. The lowest BCUT2D eigenvalue weighted by Gasteiger charge is -2.19. The summed E-state index contributed by atoms with van der Waals surface area (Å²) in [6.45, 7) is 4.54. The number of aromatic nitrogens is 2. The van der Waals surface area contributed by atoms with E-state index in [1.807, 2.05) is 6.92 Å². The SMILES string of the molecule is CCNCc1cn[nH]c1S(=O)(=O)N1CCCCCC1. The van der Waals surface area contributed by atoms with Gasteiger partial charge in [-0.05, 0) is 19.4 Å². The number of nitrogens with zero attached hydrogens (tertiary/aromatic N) is 2. The van der Waals surface area contributed by atoms with E-state index < -0.39 is 10.0 Å². The van der Waals surface area contributed by atoms with E-state index in [1.165, 1.54) is 0 Å². The third kappa shape index (κ3) is 3.34. The van der Waals surface area contributed by atoms with Gasteiger partial charge in [0.25, 0.3) is 10.0 Å². The van der Waals surface area contributed by atoms with Crippen molar-refractivity contribution < 1.29 is 8.42 Å². The Morgan fingerprint density at radius 3 is 2.63 bits per heavy atom. The van der Waals surface area contributed by atoms with Crippen molar-refractivity contribution in [3.05, 3.63) is 11.8 Å². The second-order valence-corrected chi connectivity index (χ2v) is 6.70. The maximum atomic E-state index is 12.6. The molecule has 0 amide bonds. The molecule has 1 aliphatic rings. The highest BCUT2D eigenvalue weighted by Crippen LogP contribution is 2.21. The Morgan fingerprint density at radius 1 is 1.32 bits per heavy atom. The van der Waals surface area contributed by atoms with Crippen LogP contribution in [0.15, 0.2) is 11.2 Å². The molecular formula is C12H22N4O2S. The van der Waals surface area contributed by atoms with E-state index >= 15 is 0 Å². The van der Waals surface area contributed by atoms with Crippen LogP contribution in [0, 0.1) is 0 Å². The Labute approximate surface area is 114 Å². The smallest absolute Gasteiger partial charge is 0.260 e. The Kier molecular flexibility index (Phi) is 4.95. The fourth-order valence-electron chi connectivity index (χ4n) is 2.32. The van der Waals surface area contributed by atoms with E-state index in [0.29, 0.717) is 25.2 Å². The van der Waals surface area contributed by atoms with Crippen molar-refractivity contribution in [1.29, 1.82) is 0 Å². The number of hydrogen-bond acceptors (Lipinski definition) is 4. The Morgan fingerprint density at radius 2 is 2.00 bits per heavy atom. The molecule has 0 saturated carbocycles. The largest absolute Gasteiger partial charge is 0.313 e. The topological polar surface area (TPSA) is 78.1 Å². The lowest BCUT2D eigenvalue weighted by atomic mass is 10.2. The van der Waals surface area contributed by atoms with Crippen LogP contribution in [0.3, 0.4) is 0 Å². The summed E-state index contributed by atoms with van der Waals surface area (Å²) in [5, 5.41) is 9.92. The van der Waals surface area contributed by atoms with E-state index in [0.717, 1.165) is 32.2 Å². The Balaban J connectivity index is 2.20. The van der Waals surface area contributed by atoms with Gasteiger partial charge in [0.15, 0.2) is 5.03 Å². The predicted molar refractivity (Wildman–Crippen MR) is 73.2 cm³/mol. The first kappa shape index (κ1) is 14.5.